The Kier molecular flexibility index (Phi) is 5.05. The van der Waals surface area contributed by atoms with Crippen LogP contribution in [0.15, 0.2) is 66.9 Å². The Morgan fingerprint density at radius 2 is 1.79 bits per heavy atom. The lowest BCUT2D eigenvalue weighted by molar-refractivity contribution is -0.137. The number of pyridine rings is 1. The maximum absolute atomic E-state index is 12.6. The molecule has 3 aromatic rings. The van der Waals surface area contributed by atoms with Gasteiger partial charge < -0.3 is 14.7 Å². The molecule has 1 unspecified atom stereocenters. The second kappa shape index (κ2) is 7.66. The topological polar surface area (TPSA) is 45.6 Å². The molecule has 1 saturated heterocycles. The molecule has 7 heteroatoms. The zero-order valence-corrected chi connectivity index (χ0v) is 15.4. The number of aromatic nitrogens is 1. The molecule has 1 aromatic heterocycles. The van der Waals surface area contributed by atoms with Crippen molar-refractivity contribution >= 4 is 5.69 Å². The van der Waals surface area contributed by atoms with Gasteiger partial charge in [-0.1, -0.05) is 36.4 Å². The lowest BCUT2D eigenvalue weighted by Crippen LogP contribution is -2.24. The Hall–Kier alpha value is -3.22. The fourth-order valence-corrected chi connectivity index (χ4v) is 3.43. The summed E-state index contributed by atoms with van der Waals surface area (Å²) in [5.74, 6) is 0.341. The number of hydrogen-bond donors (Lipinski definition) is 1. The molecule has 0 saturated carbocycles. The molecule has 0 aliphatic carbocycles. The van der Waals surface area contributed by atoms with Gasteiger partial charge in [0.25, 0.3) is 0 Å². The lowest BCUT2D eigenvalue weighted by Gasteiger charge is -2.20. The van der Waals surface area contributed by atoms with E-state index in [0.717, 1.165) is 23.4 Å². The van der Waals surface area contributed by atoms with Crippen molar-refractivity contribution in [1.29, 1.82) is 0 Å². The van der Waals surface area contributed by atoms with Crippen LogP contribution in [0.2, 0.25) is 0 Å². The summed E-state index contributed by atoms with van der Waals surface area (Å²) in [4.78, 5) is 5.76. The zero-order chi connectivity index (χ0) is 20.4. The minimum absolute atomic E-state index is 0.161. The normalized spacial score (nSPS) is 16.8. The van der Waals surface area contributed by atoms with Gasteiger partial charge in [-0.25, -0.2) is 4.98 Å². The van der Waals surface area contributed by atoms with E-state index in [0.29, 0.717) is 25.2 Å². The molecule has 2 heterocycles. The van der Waals surface area contributed by atoms with Crippen molar-refractivity contribution in [2.75, 3.05) is 18.0 Å². The third-order valence-electron chi connectivity index (χ3n) is 4.92. The standard InChI is InChI=1S/C22H19F3N2O2/c23-22(24,25)17-7-9-21(26-13-17)29-18-10-11-27(14-18)19-8-6-16(12-20(19)28)15-4-2-1-3-5-15/h1-9,12-13,18,28H,10-11,14H2. The lowest BCUT2D eigenvalue weighted by atomic mass is 10.0. The maximum Gasteiger partial charge on any atom is 0.417 e. The van der Waals surface area contributed by atoms with E-state index in [4.69, 9.17) is 4.74 Å². The van der Waals surface area contributed by atoms with E-state index in [9.17, 15) is 18.3 Å². The first-order valence-electron chi connectivity index (χ1n) is 9.23. The molecule has 29 heavy (non-hydrogen) atoms. The summed E-state index contributed by atoms with van der Waals surface area (Å²) in [5, 5.41) is 10.5. The Morgan fingerprint density at radius 1 is 1.00 bits per heavy atom. The van der Waals surface area contributed by atoms with Crippen LogP contribution in [0.25, 0.3) is 11.1 Å². The van der Waals surface area contributed by atoms with Crippen molar-refractivity contribution < 1.29 is 23.0 Å². The third kappa shape index (κ3) is 4.29. The molecule has 150 valence electrons. The fourth-order valence-electron chi connectivity index (χ4n) is 3.43. The van der Waals surface area contributed by atoms with Gasteiger partial charge in [-0.05, 0) is 29.3 Å². The van der Waals surface area contributed by atoms with E-state index < -0.39 is 11.7 Å². The van der Waals surface area contributed by atoms with Gasteiger partial charge in [0, 0.05) is 25.2 Å². The van der Waals surface area contributed by atoms with Crippen molar-refractivity contribution in [1.82, 2.24) is 4.98 Å². The molecule has 1 N–H and O–H groups in total. The summed E-state index contributed by atoms with van der Waals surface area (Å²) >= 11 is 0. The summed E-state index contributed by atoms with van der Waals surface area (Å²) in [5.41, 5.74) is 1.84. The number of anilines is 1. The molecule has 1 aliphatic rings. The van der Waals surface area contributed by atoms with Crippen LogP contribution in [0.4, 0.5) is 18.9 Å². The molecule has 1 fully saturated rings. The van der Waals surface area contributed by atoms with Crippen LogP contribution in [0, 0.1) is 0 Å². The highest BCUT2D eigenvalue weighted by molar-refractivity contribution is 5.71. The molecular formula is C22H19F3N2O2. The smallest absolute Gasteiger partial charge is 0.417 e. The molecule has 0 spiro atoms. The number of phenolic OH excluding ortho intramolecular Hbond substituents is 1. The zero-order valence-electron chi connectivity index (χ0n) is 15.4. The second-order valence-electron chi connectivity index (χ2n) is 6.93. The largest absolute Gasteiger partial charge is 0.506 e. The number of alkyl halides is 3. The van der Waals surface area contributed by atoms with Gasteiger partial charge in [-0.2, -0.15) is 13.2 Å². The second-order valence-corrected chi connectivity index (χ2v) is 6.93. The molecule has 2 aromatic carbocycles. The van der Waals surface area contributed by atoms with Gasteiger partial charge in [0.05, 0.1) is 17.8 Å². The molecular weight excluding hydrogens is 381 g/mol. The molecule has 0 radical (unpaired) electrons. The molecule has 1 aliphatic heterocycles. The number of nitrogens with zero attached hydrogens (tertiary/aromatic N) is 2. The van der Waals surface area contributed by atoms with Crippen LogP contribution in [0.3, 0.4) is 0 Å². The highest BCUT2D eigenvalue weighted by Crippen LogP contribution is 2.35. The van der Waals surface area contributed by atoms with Crippen LogP contribution in [-0.2, 0) is 6.18 Å². The molecule has 4 nitrogen and oxygen atoms in total. The van der Waals surface area contributed by atoms with Crippen LogP contribution < -0.4 is 9.64 Å². The number of phenols is 1. The first-order valence-corrected chi connectivity index (χ1v) is 9.23. The Balaban J connectivity index is 1.42. The number of benzene rings is 2. The number of hydrogen-bond acceptors (Lipinski definition) is 4. The molecule has 0 amide bonds. The number of ether oxygens (including phenoxy) is 1. The van der Waals surface area contributed by atoms with Gasteiger partial charge in [-0.15, -0.1) is 0 Å². The highest BCUT2D eigenvalue weighted by atomic mass is 19.4. The number of rotatable bonds is 4. The van der Waals surface area contributed by atoms with Crippen molar-refractivity contribution in [3.63, 3.8) is 0 Å². The van der Waals surface area contributed by atoms with Gasteiger partial charge in [0.1, 0.15) is 11.9 Å². The first kappa shape index (κ1) is 19.1. The minimum Gasteiger partial charge on any atom is -0.506 e. The van der Waals surface area contributed by atoms with E-state index in [1.54, 1.807) is 6.07 Å². The molecule has 1 atom stereocenters. The van der Waals surface area contributed by atoms with E-state index in [1.807, 2.05) is 47.4 Å². The predicted molar refractivity (Wildman–Crippen MR) is 104 cm³/mol. The minimum atomic E-state index is -4.42. The van der Waals surface area contributed by atoms with Crippen LogP contribution in [0.1, 0.15) is 12.0 Å². The fraction of sp³-hybridized carbons (Fsp3) is 0.227. The van der Waals surface area contributed by atoms with Crippen LogP contribution >= 0.6 is 0 Å². The maximum atomic E-state index is 12.6. The van der Waals surface area contributed by atoms with Crippen molar-refractivity contribution in [2.24, 2.45) is 0 Å². The Morgan fingerprint density at radius 3 is 2.45 bits per heavy atom. The number of halogens is 3. The Bertz CT molecular complexity index is 976. The average molecular weight is 400 g/mol. The van der Waals surface area contributed by atoms with Crippen LogP contribution in [-0.4, -0.2) is 29.3 Å². The summed E-state index contributed by atoms with van der Waals surface area (Å²) in [7, 11) is 0. The monoisotopic (exact) mass is 400 g/mol. The average Bonchev–Trinajstić information content (AvgIpc) is 3.16. The van der Waals surface area contributed by atoms with Crippen molar-refractivity contribution in [3.8, 4) is 22.8 Å². The highest BCUT2D eigenvalue weighted by Gasteiger charge is 2.31. The van der Waals surface area contributed by atoms with Crippen LogP contribution in [0.5, 0.6) is 11.6 Å². The van der Waals surface area contributed by atoms with E-state index in [2.05, 4.69) is 4.98 Å². The summed E-state index contributed by atoms with van der Waals surface area (Å²) < 4.78 is 43.6. The predicted octanol–water partition coefficient (Wildman–Crippen LogP) is 5.13. The SMILES string of the molecule is Oc1cc(-c2ccccc2)ccc1N1CCC(Oc2ccc(C(F)(F)F)cn2)C1. The summed E-state index contributed by atoms with van der Waals surface area (Å²) in [6.07, 6.45) is -3.18. The van der Waals surface area contributed by atoms with Gasteiger partial charge in [0.2, 0.25) is 5.88 Å². The van der Waals surface area contributed by atoms with Gasteiger partial charge in [0.15, 0.2) is 0 Å². The quantitative estimate of drug-likeness (QED) is 0.660. The van der Waals surface area contributed by atoms with Gasteiger partial charge >= 0.3 is 6.18 Å². The van der Waals surface area contributed by atoms with E-state index in [-0.39, 0.29) is 17.7 Å². The first-order chi connectivity index (χ1) is 13.9. The van der Waals surface area contributed by atoms with Crippen molar-refractivity contribution in [2.45, 2.75) is 18.7 Å². The van der Waals surface area contributed by atoms with Gasteiger partial charge in [-0.3, -0.25) is 0 Å². The van der Waals surface area contributed by atoms with E-state index in [1.165, 1.54) is 6.07 Å². The summed E-state index contributed by atoms with van der Waals surface area (Å²) in [6.45, 7) is 1.19. The Labute approximate surface area is 166 Å². The summed E-state index contributed by atoms with van der Waals surface area (Å²) in [6, 6.07) is 17.5. The molecule has 0 bridgehead atoms. The number of aromatic hydroxyl groups is 1. The third-order valence-corrected chi connectivity index (χ3v) is 4.92. The molecule has 4 rings (SSSR count). The van der Waals surface area contributed by atoms with E-state index >= 15 is 0 Å². The van der Waals surface area contributed by atoms with Crippen molar-refractivity contribution in [3.05, 3.63) is 72.4 Å².